The predicted molar refractivity (Wildman–Crippen MR) is 132 cm³/mol. The molecule has 0 unspecified atom stereocenters. The highest BCUT2D eigenvalue weighted by Crippen LogP contribution is 2.26. The second-order valence-corrected chi connectivity index (χ2v) is 9.28. The van der Waals surface area contributed by atoms with Gasteiger partial charge in [0.05, 0.1) is 36.6 Å². The maximum absolute atomic E-state index is 13.8. The van der Waals surface area contributed by atoms with Crippen molar-refractivity contribution in [1.82, 2.24) is 29.7 Å². The summed E-state index contributed by atoms with van der Waals surface area (Å²) in [7, 11) is 1.45. The lowest BCUT2D eigenvalue weighted by Gasteiger charge is -2.48. The average Bonchev–Trinajstić information content (AvgIpc) is 2.90. The van der Waals surface area contributed by atoms with Crippen LogP contribution in [0.4, 0.5) is 14.6 Å². The van der Waals surface area contributed by atoms with Gasteiger partial charge in [-0.25, -0.2) is 28.7 Å². The Balaban J connectivity index is 1.34. The number of carbonyl (C=O) groups excluding carboxylic acids is 2. The van der Waals surface area contributed by atoms with Crippen molar-refractivity contribution in [2.45, 2.75) is 32.4 Å². The lowest BCUT2D eigenvalue weighted by molar-refractivity contribution is -0.122. The number of hydrogen-bond donors (Lipinski definition) is 1. The van der Waals surface area contributed by atoms with Gasteiger partial charge in [0.2, 0.25) is 11.8 Å². The van der Waals surface area contributed by atoms with Crippen molar-refractivity contribution in [1.29, 1.82) is 0 Å². The lowest BCUT2D eigenvalue weighted by Crippen LogP contribution is -2.63. The molecule has 0 saturated carbocycles. The molecule has 1 aliphatic heterocycles. The minimum Gasteiger partial charge on any atom is -0.467 e. The zero-order valence-corrected chi connectivity index (χ0v) is 21.3. The molecule has 2 amide bonds. The summed E-state index contributed by atoms with van der Waals surface area (Å²) < 4.78 is 37.1. The molecule has 0 radical (unpaired) electrons. The Labute approximate surface area is 217 Å². The summed E-state index contributed by atoms with van der Waals surface area (Å²) in [5, 5.41) is 2.70. The molecule has 11 nitrogen and oxygen atoms in total. The van der Waals surface area contributed by atoms with Crippen LogP contribution in [-0.4, -0.2) is 79.9 Å². The van der Waals surface area contributed by atoms with E-state index in [1.807, 2.05) is 18.7 Å². The van der Waals surface area contributed by atoms with E-state index in [0.717, 1.165) is 12.1 Å². The number of methoxy groups -OCH3 is 1. The van der Waals surface area contributed by atoms with Crippen molar-refractivity contribution in [3.63, 3.8) is 0 Å². The van der Waals surface area contributed by atoms with Crippen molar-refractivity contribution >= 4 is 17.6 Å². The smallest absolute Gasteiger partial charge is 0.316 e. The molecule has 2 aromatic heterocycles. The summed E-state index contributed by atoms with van der Waals surface area (Å²) in [5.74, 6) is -2.15. The fraction of sp³-hybridized carbons (Fsp3) is 0.360. The molecule has 13 heteroatoms. The van der Waals surface area contributed by atoms with E-state index in [2.05, 4.69) is 25.3 Å². The van der Waals surface area contributed by atoms with Gasteiger partial charge in [0, 0.05) is 38.1 Å². The maximum atomic E-state index is 13.8. The van der Waals surface area contributed by atoms with Crippen LogP contribution in [0.15, 0.2) is 43.0 Å². The lowest BCUT2D eigenvalue weighted by atomic mass is 9.96. The monoisotopic (exact) mass is 527 g/mol. The Morgan fingerprint density at radius 3 is 2.39 bits per heavy atom. The minimum absolute atomic E-state index is 0.0219. The van der Waals surface area contributed by atoms with Crippen LogP contribution in [-0.2, 0) is 4.79 Å². The number of carbonyl (C=O) groups is 2. The molecule has 1 saturated heterocycles. The summed E-state index contributed by atoms with van der Waals surface area (Å²) in [4.78, 5) is 45.9. The number of nitrogens with one attached hydrogen (secondary N) is 1. The topological polar surface area (TPSA) is 123 Å². The molecular weight excluding hydrogens is 500 g/mol. The van der Waals surface area contributed by atoms with Crippen LogP contribution < -0.4 is 14.8 Å². The second kappa shape index (κ2) is 11.0. The number of piperazine rings is 1. The fourth-order valence-corrected chi connectivity index (χ4v) is 4.09. The number of rotatable bonds is 7. The molecule has 1 N–H and O–H groups in total. The normalized spacial score (nSPS) is 16.0. The van der Waals surface area contributed by atoms with Crippen molar-refractivity contribution in [2.75, 3.05) is 32.1 Å². The average molecular weight is 528 g/mol. The Bertz CT molecular complexity index is 1310. The van der Waals surface area contributed by atoms with E-state index in [9.17, 15) is 18.4 Å². The van der Waals surface area contributed by atoms with Crippen LogP contribution in [0.1, 0.15) is 31.1 Å². The van der Waals surface area contributed by atoms with Crippen LogP contribution in [0, 0.1) is 11.6 Å². The van der Waals surface area contributed by atoms with E-state index in [0.29, 0.717) is 31.3 Å². The Morgan fingerprint density at radius 1 is 1.05 bits per heavy atom. The van der Waals surface area contributed by atoms with Crippen LogP contribution in [0.3, 0.4) is 0 Å². The van der Waals surface area contributed by atoms with Crippen LogP contribution in [0.25, 0.3) is 0 Å². The van der Waals surface area contributed by atoms with Gasteiger partial charge < -0.3 is 19.7 Å². The standard InChI is InChI=1S/C25H27F2N7O4/c1-15(22(35)32-20-12-29-21(13-28-20)38-19-6-5-17(26)9-18(19)27)33-7-8-34(25(2,3)14-33)23(36)16-10-30-24(37-4)31-11-16/h5-6,9-13,15H,7-8,14H2,1-4H3,(H,28,32,35)/t15-/m0/s1. The van der Waals surface area contributed by atoms with E-state index >= 15 is 0 Å². The molecular formula is C25H27F2N7O4. The Kier molecular flexibility index (Phi) is 7.76. The van der Waals surface area contributed by atoms with Gasteiger partial charge in [-0.05, 0) is 32.9 Å². The second-order valence-electron chi connectivity index (χ2n) is 9.28. The van der Waals surface area contributed by atoms with Crippen LogP contribution in [0.2, 0.25) is 0 Å². The number of aromatic nitrogens is 4. The van der Waals surface area contributed by atoms with Gasteiger partial charge >= 0.3 is 6.01 Å². The molecule has 200 valence electrons. The van der Waals surface area contributed by atoms with Crippen molar-refractivity contribution in [3.05, 3.63) is 60.2 Å². The van der Waals surface area contributed by atoms with Gasteiger partial charge in [0.15, 0.2) is 17.4 Å². The SMILES string of the molecule is COc1ncc(C(=O)N2CCN([C@@H](C)C(=O)Nc3cnc(Oc4ccc(F)cc4F)cn3)CC2(C)C)cn1. The first-order chi connectivity index (χ1) is 18.1. The molecule has 3 aromatic rings. The van der Waals surface area contributed by atoms with Crippen LogP contribution in [0.5, 0.6) is 17.6 Å². The van der Waals surface area contributed by atoms with Gasteiger partial charge in [0.1, 0.15) is 5.82 Å². The van der Waals surface area contributed by atoms with E-state index in [1.165, 1.54) is 31.9 Å². The quantitative estimate of drug-likeness (QED) is 0.494. The zero-order valence-electron chi connectivity index (χ0n) is 21.3. The van der Waals surface area contributed by atoms with E-state index < -0.39 is 23.2 Å². The van der Waals surface area contributed by atoms with Crippen molar-refractivity contribution in [3.8, 4) is 17.6 Å². The van der Waals surface area contributed by atoms with Crippen molar-refractivity contribution < 1.29 is 27.8 Å². The fourth-order valence-electron chi connectivity index (χ4n) is 4.09. The molecule has 0 bridgehead atoms. The number of nitrogens with zero attached hydrogens (tertiary/aromatic N) is 6. The van der Waals surface area contributed by atoms with Gasteiger partial charge in [-0.3, -0.25) is 14.5 Å². The highest BCUT2D eigenvalue weighted by molar-refractivity contribution is 5.95. The van der Waals surface area contributed by atoms with Gasteiger partial charge in [-0.2, -0.15) is 0 Å². The van der Waals surface area contributed by atoms with E-state index in [-0.39, 0.29) is 35.3 Å². The first-order valence-electron chi connectivity index (χ1n) is 11.8. The van der Waals surface area contributed by atoms with Crippen LogP contribution >= 0.6 is 0 Å². The molecule has 0 spiro atoms. The summed E-state index contributed by atoms with van der Waals surface area (Å²) >= 11 is 0. The first kappa shape index (κ1) is 26.8. The van der Waals surface area contributed by atoms with Gasteiger partial charge in [-0.15, -0.1) is 0 Å². The first-order valence-corrected chi connectivity index (χ1v) is 11.8. The largest absolute Gasteiger partial charge is 0.467 e. The maximum Gasteiger partial charge on any atom is 0.316 e. The number of benzene rings is 1. The van der Waals surface area contributed by atoms with Crippen molar-refractivity contribution in [2.24, 2.45) is 0 Å². The number of amides is 2. The summed E-state index contributed by atoms with van der Waals surface area (Å²) in [6.07, 6.45) is 5.36. The number of hydrogen-bond acceptors (Lipinski definition) is 9. The summed E-state index contributed by atoms with van der Waals surface area (Å²) in [5.41, 5.74) is -0.218. The van der Waals surface area contributed by atoms with Gasteiger partial charge in [0.25, 0.3) is 5.91 Å². The predicted octanol–water partition coefficient (Wildman–Crippen LogP) is 2.91. The third-order valence-corrected chi connectivity index (χ3v) is 6.15. The van der Waals surface area contributed by atoms with E-state index in [1.54, 1.807) is 11.8 Å². The third-order valence-electron chi connectivity index (χ3n) is 6.15. The molecule has 38 heavy (non-hydrogen) atoms. The molecule has 1 atom stereocenters. The molecule has 1 aromatic carbocycles. The highest BCUT2D eigenvalue weighted by Gasteiger charge is 2.39. The minimum atomic E-state index is -0.875. The molecule has 3 heterocycles. The Hall–Kier alpha value is -4.26. The highest BCUT2D eigenvalue weighted by atomic mass is 19.1. The molecule has 4 rings (SSSR count). The summed E-state index contributed by atoms with van der Waals surface area (Å²) in [6, 6.07) is 2.56. The third kappa shape index (κ3) is 5.99. The zero-order chi connectivity index (χ0) is 27.4. The molecule has 1 fully saturated rings. The Morgan fingerprint density at radius 2 is 1.79 bits per heavy atom. The number of ether oxygens (including phenoxy) is 2. The summed E-state index contributed by atoms with van der Waals surface area (Å²) in [6.45, 7) is 6.96. The number of halogens is 2. The van der Waals surface area contributed by atoms with E-state index in [4.69, 9.17) is 9.47 Å². The molecule has 0 aliphatic carbocycles. The van der Waals surface area contributed by atoms with Gasteiger partial charge in [-0.1, -0.05) is 0 Å². The molecule has 1 aliphatic rings. The number of anilines is 1.